The van der Waals surface area contributed by atoms with Crippen molar-refractivity contribution in [3.8, 4) is 5.75 Å². The normalized spacial score (nSPS) is 14.3. The van der Waals surface area contributed by atoms with Crippen LogP contribution < -0.4 is 4.74 Å². The van der Waals surface area contributed by atoms with Crippen LogP contribution in [0.5, 0.6) is 5.75 Å². The summed E-state index contributed by atoms with van der Waals surface area (Å²) in [6.07, 6.45) is 2.24. The summed E-state index contributed by atoms with van der Waals surface area (Å²) in [6, 6.07) is 5.51. The molecule has 0 spiro atoms. The molecule has 1 aromatic heterocycles. The fourth-order valence-electron chi connectivity index (χ4n) is 2.00. The first kappa shape index (κ1) is 12.8. The van der Waals surface area contributed by atoms with E-state index in [-0.39, 0.29) is 12.4 Å². The lowest BCUT2D eigenvalue weighted by atomic mass is 10.1. The van der Waals surface area contributed by atoms with Crippen LogP contribution in [0.3, 0.4) is 0 Å². The minimum Gasteiger partial charge on any atom is -0.483 e. The van der Waals surface area contributed by atoms with E-state index in [0.717, 1.165) is 18.4 Å². The number of benzene rings is 1. The van der Waals surface area contributed by atoms with Crippen LogP contribution in [0.25, 0.3) is 0 Å². The fraction of sp³-hybridized carbons (Fsp3) is 0.400. The maximum Gasteiger partial charge on any atom is 0.253 e. The number of Topliss-reactive ketones (excluding diaryl/α,β-unsaturated/α-hetero) is 1. The van der Waals surface area contributed by atoms with Gasteiger partial charge in [0.25, 0.3) is 5.89 Å². The highest BCUT2D eigenvalue weighted by atomic mass is 16.5. The number of carbonyl (C=O) groups is 1. The number of hydrogen-bond acceptors (Lipinski definition) is 5. The zero-order valence-electron chi connectivity index (χ0n) is 11.5. The maximum atomic E-state index is 11.6. The van der Waals surface area contributed by atoms with Crippen molar-refractivity contribution >= 4 is 5.78 Å². The lowest BCUT2D eigenvalue weighted by molar-refractivity contribution is 0.101. The van der Waals surface area contributed by atoms with E-state index in [9.17, 15) is 4.79 Å². The second kappa shape index (κ2) is 5.07. The van der Waals surface area contributed by atoms with Gasteiger partial charge in [0, 0.05) is 5.92 Å². The Balaban J connectivity index is 1.73. The predicted molar refractivity (Wildman–Crippen MR) is 71.8 cm³/mol. The van der Waals surface area contributed by atoms with Gasteiger partial charge >= 0.3 is 0 Å². The molecule has 1 saturated carbocycles. The smallest absolute Gasteiger partial charge is 0.253 e. The molecule has 1 aliphatic rings. The van der Waals surface area contributed by atoms with E-state index < -0.39 is 0 Å². The van der Waals surface area contributed by atoms with Crippen molar-refractivity contribution < 1.29 is 13.9 Å². The van der Waals surface area contributed by atoms with Crippen LogP contribution in [0, 0.1) is 6.92 Å². The lowest BCUT2D eigenvalue weighted by Crippen LogP contribution is -2.02. The molecule has 0 bridgehead atoms. The molecule has 0 N–H and O–H groups in total. The molecule has 104 valence electrons. The standard InChI is InChI=1S/C15H16N2O3/c1-9-3-6-12(10(2)18)13(7-9)19-8-14-16-17-15(20-14)11-4-5-11/h3,6-7,11H,4-5,8H2,1-2H3. The van der Waals surface area contributed by atoms with Gasteiger partial charge in [0.2, 0.25) is 5.89 Å². The Labute approximate surface area is 117 Å². The van der Waals surface area contributed by atoms with Gasteiger partial charge in [-0.15, -0.1) is 10.2 Å². The van der Waals surface area contributed by atoms with Gasteiger partial charge in [0.05, 0.1) is 5.56 Å². The van der Waals surface area contributed by atoms with E-state index >= 15 is 0 Å². The molecule has 2 aromatic rings. The van der Waals surface area contributed by atoms with Crippen LogP contribution in [-0.4, -0.2) is 16.0 Å². The quantitative estimate of drug-likeness (QED) is 0.783. The third kappa shape index (κ3) is 2.71. The summed E-state index contributed by atoms with van der Waals surface area (Å²) >= 11 is 0. The SMILES string of the molecule is CC(=O)c1ccc(C)cc1OCc1nnc(C2CC2)o1. The number of carbonyl (C=O) groups excluding carboxylic acids is 1. The average Bonchev–Trinajstić information content (AvgIpc) is 3.15. The molecule has 0 aliphatic heterocycles. The number of aryl methyl sites for hydroxylation is 1. The van der Waals surface area contributed by atoms with Gasteiger partial charge < -0.3 is 9.15 Å². The Morgan fingerprint density at radius 1 is 1.40 bits per heavy atom. The molecule has 0 unspecified atom stereocenters. The third-order valence-corrected chi connectivity index (χ3v) is 3.28. The molecule has 1 fully saturated rings. The molecule has 0 amide bonds. The zero-order valence-corrected chi connectivity index (χ0v) is 11.5. The van der Waals surface area contributed by atoms with Gasteiger partial charge in [0.15, 0.2) is 12.4 Å². The summed E-state index contributed by atoms with van der Waals surface area (Å²) in [5, 5.41) is 7.96. The molecule has 0 atom stereocenters. The van der Waals surface area contributed by atoms with Crippen LogP contribution in [0.1, 0.15) is 53.4 Å². The third-order valence-electron chi connectivity index (χ3n) is 3.28. The molecule has 1 heterocycles. The molecule has 3 rings (SSSR count). The molecule has 0 saturated heterocycles. The van der Waals surface area contributed by atoms with Crippen molar-refractivity contribution in [3.05, 3.63) is 41.1 Å². The van der Waals surface area contributed by atoms with Gasteiger partial charge in [-0.25, -0.2) is 0 Å². The highest BCUT2D eigenvalue weighted by molar-refractivity contribution is 5.96. The highest BCUT2D eigenvalue weighted by Crippen LogP contribution is 2.39. The monoisotopic (exact) mass is 272 g/mol. The Hall–Kier alpha value is -2.17. The highest BCUT2D eigenvalue weighted by Gasteiger charge is 2.29. The molecule has 1 aromatic carbocycles. The Morgan fingerprint density at radius 3 is 2.90 bits per heavy atom. The van der Waals surface area contributed by atoms with Crippen LogP contribution in [0.4, 0.5) is 0 Å². The summed E-state index contributed by atoms with van der Waals surface area (Å²) < 4.78 is 11.2. The van der Waals surface area contributed by atoms with Gasteiger partial charge in [-0.1, -0.05) is 6.07 Å². The molecule has 1 aliphatic carbocycles. The molecule has 0 radical (unpaired) electrons. The first-order valence-corrected chi connectivity index (χ1v) is 6.70. The minimum atomic E-state index is -0.0239. The number of nitrogens with zero attached hydrogens (tertiary/aromatic N) is 2. The van der Waals surface area contributed by atoms with Crippen molar-refractivity contribution in [3.63, 3.8) is 0 Å². The predicted octanol–water partition coefficient (Wildman–Crippen LogP) is 3.04. The summed E-state index contributed by atoms with van der Waals surface area (Å²) in [6.45, 7) is 3.66. The van der Waals surface area contributed by atoms with Crippen molar-refractivity contribution in [1.82, 2.24) is 10.2 Å². The van der Waals surface area contributed by atoms with Gasteiger partial charge in [-0.2, -0.15) is 0 Å². The Kier molecular flexibility index (Phi) is 3.26. The molecule has 5 nitrogen and oxygen atoms in total. The molecular formula is C15H16N2O3. The van der Waals surface area contributed by atoms with Gasteiger partial charge in [-0.3, -0.25) is 4.79 Å². The molecular weight excluding hydrogens is 256 g/mol. The van der Waals surface area contributed by atoms with Crippen molar-refractivity contribution in [1.29, 1.82) is 0 Å². The Bertz CT molecular complexity index is 644. The van der Waals surface area contributed by atoms with Crippen molar-refractivity contribution in [2.45, 2.75) is 39.2 Å². The van der Waals surface area contributed by atoms with E-state index in [4.69, 9.17) is 9.15 Å². The van der Waals surface area contributed by atoms with Crippen LogP contribution in [0.15, 0.2) is 22.6 Å². The largest absolute Gasteiger partial charge is 0.483 e. The van der Waals surface area contributed by atoms with Crippen molar-refractivity contribution in [2.75, 3.05) is 0 Å². The van der Waals surface area contributed by atoms with E-state index in [1.54, 1.807) is 6.07 Å². The van der Waals surface area contributed by atoms with E-state index in [1.807, 2.05) is 19.1 Å². The second-order valence-corrected chi connectivity index (χ2v) is 5.15. The Morgan fingerprint density at radius 2 is 2.20 bits per heavy atom. The average molecular weight is 272 g/mol. The number of rotatable bonds is 5. The number of hydrogen-bond donors (Lipinski definition) is 0. The summed E-state index contributed by atoms with van der Waals surface area (Å²) in [7, 11) is 0. The molecule has 20 heavy (non-hydrogen) atoms. The number of ketones is 1. The zero-order chi connectivity index (χ0) is 14.1. The molecule has 5 heteroatoms. The van der Waals surface area contributed by atoms with Crippen LogP contribution >= 0.6 is 0 Å². The number of ether oxygens (including phenoxy) is 1. The van der Waals surface area contributed by atoms with E-state index in [2.05, 4.69) is 10.2 Å². The van der Waals surface area contributed by atoms with Gasteiger partial charge in [0.1, 0.15) is 5.75 Å². The van der Waals surface area contributed by atoms with E-state index in [0.29, 0.717) is 29.0 Å². The topological polar surface area (TPSA) is 65.2 Å². The minimum absolute atomic E-state index is 0.0239. The van der Waals surface area contributed by atoms with Crippen LogP contribution in [0.2, 0.25) is 0 Å². The number of aromatic nitrogens is 2. The second-order valence-electron chi connectivity index (χ2n) is 5.15. The summed E-state index contributed by atoms with van der Waals surface area (Å²) in [5.74, 6) is 2.11. The first-order chi connectivity index (χ1) is 9.63. The van der Waals surface area contributed by atoms with Gasteiger partial charge in [-0.05, 0) is 44.4 Å². The summed E-state index contributed by atoms with van der Waals surface area (Å²) in [4.78, 5) is 11.6. The fourth-order valence-corrected chi connectivity index (χ4v) is 2.00. The van der Waals surface area contributed by atoms with E-state index in [1.165, 1.54) is 6.92 Å². The van der Waals surface area contributed by atoms with Crippen LogP contribution in [-0.2, 0) is 6.61 Å². The first-order valence-electron chi connectivity index (χ1n) is 6.70. The lowest BCUT2D eigenvalue weighted by Gasteiger charge is -2.08. The maximum absolute atomic E-state index is 11.6. The van der Waals surface area contributed by atoms with Crippen molar-refractivity contribution in [2.24, 2.45) is 0 Å². The summed E-state index contributed by atoms with van der Waals surface area (Å²) in [5.41, 5.74) is 1.60.